The quantitative estimate of drug-likeness (QED) is 0.442. The van der Waals surface area contributed by atoms with Crippen LogP contribution in [0.1, 0.15) is 11.3 Å². The van der Waals surface area contributed by atoms with Gasteiger partial charge in [-0.25, -0.2) is 14.4 Å². The molecule has 184 valence electrons. The normalized spacial score (nSPS) is 13.9. The van der Waals surface area contributed by atoms with Gasteiger partial charge in [-0.1, -0.05) is 48.0 Å². The maximum atomic E-state index is 11.8. The van der Waals surface area contributed by atoms with Gasteiger partial charge in [-0.05, 0) is 19.1 Å². The highest BCUT2D eigenvalue weighted by atomic mass is 16.4. The van der Waals surface area contributed by atoms with E-state index in [0.29, 0.717) is 12.2 Å². The summed E-state index contributed by atoms with van der Waals surface area (Å²) in [6.45, 7) is 7.02. The number of nitrogens with one attached hydrogen (secondary N) is 1. The molecule has 35 heavy (non-hydrogen) atoms. The van der Waals surface area contributed by atoms with E-state index < -0.39 is 11.9 Å². The predicted octanol–water partition coefficient (Wildman–Crippen LogP) is 3.02. The van der Waals surface area contributed by atoms with Crippen molar-refractivity contribution in [3.05, 3.63) is 88.6 Å². The minimum atomic E-state index is -1.26. The Morgan fingerprint density at radius 2 is 1.54 bits per heavy atom. The second-order valence-corrected chi connectivity index (χ2v) is 8.10. The fourth-order valence-electron chi connectivity index (χ4n) is 3.76. The number of benzene rings is 2. The van der Waals surface area contributed by atoms with Gasteiger partial charge in [0.15, 0.2) is 0 Å². The number of rotatable bonds is 7. The summed E-state index contributed by atoms with van der Waals surface area (Å²) in [7, 11) is 0. The van der Waals surface area contributed by atoms with Gasteiger partial charge in [0.25, 0.3) is 0 Å². The second kappa shape index (κ2) is 12.4. The van der Waals surface area contributed by atoms with Gasteiger partial charge in [-0.15, -0.1) is 0 Å². The van der Waals surface area contributed by atoms with E-state index in [-0.39, 0.29) is 5.76 Å². The van der Waals surface area contributed by atoms with E-state index in [9.17, 15) is 14.4 Å². The Bertz CT molecular complexity index is 1170. The number of aromatic nitrogens is 1. The molecule has 0 aliphatic carbocycles. The van der Waals surface area contributed by atoms with E-state index >= 15 is 0 Å². The number of carbonyl (C=O) groups is 2. The van der Waals surface area contributed by atoms with Gasteiger partial charge >= 0.3 is 17.7 Å². The molecule has 9 nitrogen and oxygen atoms in total. The third kappa shape index (κ3) is 8.01. The molecule has 0 radical (unpaired) electrons. The Hall–Kier alpha value is -4.11. The van der Waals surface area contributed by atoms with Gasteiger partial charge in [-0.2, -0.15) is 0 Å². The van der Waals surface area contributed by atoms with Crippen molar-refractivity contribution in [1.82, 2.24) is 9.88 Å². The van der Waals surface area contributed by atoms with Crippen LogP contribution in [-0.4, -0.2) is 64.8 Å². The number of para-hydroxylation sites is 1. The van der Waals surface area contributed by atoms with Crippen molar-refractivity contribution in [1.29, 1.82) is 0 Å². The fraction of sp³-hybridized carbons (Fsp3) is 0.269. The number of aliphatic carboxylic acids is 2. The minimum absolute atomic E-state index is 0.380. The number of piperazine rings is 1. The van der Waals surface area contributed by atoms with Crippen molar-refractivity contribution < 1.29 is 24.2 Å². The maximum absolute atomic E-state index is 11.8. The number of H-pyrrole nitrogens is 1. The third-order valence-electron chi connectivity index (χ3n) is 5.58. The van der Waals surface area contributed by atoms with Crippen molar-refractivity contribution in [3.63, 3.8) is 0 Å². The highest BCUT2D eigenvalue weighted by Crippen LogP contribution is 2.22. The van der Waals surface area contributed by atoms with E-state index in [4.69, 9.17) is 14.6 Å². The van der Waals surface area contributed by atoms with Crippen LogP contribution in [0.15, 0.2) is 76.0 Å². The van der Waals surface area contributed by atoms with Crippen LogP contribution in [0.2, 0.25) is 0 Å². The Morgan fingerprint density at radius 3 is 2.11 bits per heavy atom. The lowest BCUT2D eigenvalue weighted by atomic mass is 10.1. The minimum Gasteiger partial charge on any atom is -0.478 e. The molecule has 0 bridgehead atoms. The largest absolute Gasteiger partial charge is 0.478 e. The number of aryl methyl sites for hydroxylation is 1. The topological polar surface area (TPSA) is 127 Å². The van der Waals surface area contributed by atoms with Crippen LogP contribution in [0.4, 0.5) is 5.69 Å². The molecule has 1 aliphatic rings. The summed E-state index contributed by atoms with van der Waals surface area (Å²) in [4.78, 5) is 38.6. The van der Waals surface area contributed by atoms with E-state index in [1.807, 2.05) is 24.3 Å². The number of carboxylic acids is 2. The monoisotopic (exact) mass is 479 g/mol. The summed E-state index contributed by atoms with van der Waals surface area (Å²) in [6, 6.07) is 18.7. The number of hydrogen-bond acceptors (Lipinski definition) is 6. The van der Waals surface area contributed by atoms with E-state index in [1.165, 1.54) is 11.3 Å². The number of carboxylic acid groups (broad SMARTS) is 2. The zero-order valence-electron chi connectivity index (χ0n) is 19.5. The van der Waals surface area contributed by atoms with E-state index in [2.05, 4.69) is 52.0 Å². The van der Waals surface area contributed by atoms with Crippen LogP contribution in [0.25, 0.3) is 11.3 Å². The van der Waals surface area contributed by atoms with E-state index in [0.717, 1.165) is 56.2 Å². The number of nitrogens with zero attached hydrogens (tertiary/aromatic N) is 2. The molecule has 1 saturated heterocycles. The first-order valence-corrected chi connectivity index (χ1v) is 11.3. The van der Waals surface area contributed by atoms with Gasteiger partial charge in [0.05, 0.1) is 5.69 Å². The summed E-state index contributed by atoms with van der Waals surface area (Å²) in [5.41, 5.74) is 4.29. The Labute approximate surface area is 202 Å². The first-order chi connectivity index (χ1) is 16.8. The summed E-state index contributed by atoms with van der Waals surface area (Å²) in [5, 5.41) is 15.6. The van der Waals surface area contributed by atoms with E-state index in [1.54, 1.807) is 0 Å². The van der Waals surface area contributed by atoms with Crippen LogP contribution in [-0.2, 0) is 16.0 Å². The highest BCUT2D eigenvalue weighted by Gasteiger charge is 2.19. The smallest absolute Gasteiger partial charge is 0.416 e. The summed E-state index contributed by atoms with van der Waals surface area (Å²) in [6.07, 6.45) is 1.85. The molecule has 0 atom stereocenters. The molecule has 0 spiro atoms. The van der Waals surface area contributed by atoms with Crippen molar-refractivity contribution in [2.75, 3.05) is 37.6 Å². The standard InChI is InChI=1S/C22H25N3O2.C4H4O4/c1-17-7-9-18(10-8-17)21-20(27-22(26)23-21)11-12-24-13-15-25(16-14-24)19-5-3-2-4-6-19;5-3(6)1-2-4(7)8/h2-10H,11-16H2,1H3,(H,23,26);1-2H,(H,5,6)(H,7,8)/b;2-1+. The molecule has 0 unspecified atom stereocenters. The lowest BCUT2D eigenvalue weighted by molar-refractivity contribution is -0.134. The number of aromatic amines is 1. The molecule has 2 heterocycles. The first-order valence-electron chi connectivity index (χ1n) is 11.3. The number of anilines is 1. The molecule has 3 N–H and O–H groups in total. The Balaban J connectivity index is 0.000000371. The fourth-order valence-corrected chi connectivity index (χ4v) is 3.76. The zero-order valence-corrected chi connectivity index (χ0v) is 19.5. The Morgan fingerprint density at radius 1 is 0.943 bits per heavy atom. The van der Waals surface area contributed by atoms with Gasteiger partial charge in [-0.3, -0.25) is 9.88 Å². The van der Waals surface area contributed by atoms with Crippen LogP contribution in [0, 0.1) is 6.92 Å². The average Bonchev–Trinajstić information content (AvgIpc) is 3.23. The summed E-state index contributed by atoms with van der Waals surface area (Å²) in [5.74, 6) is -2.15. The van der Waals surface area contributed by atoms with Gasteiger partial charge in [0.2, 0.25) is 0 Å². The van der Waals surface area contributed by atoms with Crippen molar-refractivity contribution in [2.24, 2.45) is 0 Å². The average molecular weight is 480 g/mol. The van der Waals surface area contributed by atoms with Gasteiger partial charge in [0.1, 0.15) is 5.76 Å². The molecule has 3 aromatic rings. The first kappa shape index (κ1) is 25.5. The molecule has 9 heteroatoms. The van der Waals surface area contributed by atoms with Crippen LogP contribution >= 0.6 is 0 Å². The Kier molecular flexibility index (Phi) is 9.02. The molecular formula is C26H29N3O6. The molecule has 1 aliphatic heterocycles. The molecule has 4 rings (SSSR count). The van der Waals surface area contributed by atoms with Crippen LogP contribution in [0.5, 0.6) is 0 Å². The van der Waals surface area contributed by atoms with Gasteiger partial charge < -0.3 is 19.5 Å². The van der Waals surface area contributed by atoms with Crippen molar-refractivity contribution in [2.45, 2.75) is 13.3 Å². The zero-order chi connectivity index (χ0) is 25.2. The summed E-state index contributed by atoms with van der Waals surface area (Å²) >= 11 is 0. The lowest BCUT2D eigenvalue weighted by Gasteiger charge is -2.36. The molecular weight excluding hydrogens is 450 g/mol. The SMILES string of the molecule is Cc1ccc(-c2[nH]c(=O)oc2CCN2CCN(c3ccccc3)CC2)cc1.O=C(O)/C=C/C(=O)O. The molecule has 1 fully saturated rings. The third-order valence-corrected chi connectivity index (χ3v) is 5.58. The predicted molar refractivity (Wildman–Crippen MR) is 133 cm³/mol. The molecule has 1 aromatic heterocycles. The van der Waals surface area contributed by atoms with Crippen LogP contribution in [0.3, 0.4) is 0 Å². The van der Waals surface area contributed by atoms with Crippen molar-refractivity contribution >= 4 is 17.6 Å². The maximum Gasteiger partial charge on any atom is 0.416 e. The lowest BCUT2D eigenvalue weighted by Crippen LogP contribution is -2.47. The highest BCUT2D eigenvalue weighted by molar-refractivity contribution is 5.89. The molecule has 2 aromatic carbocycles. The van der Waals surface area contributed by atoms with Crippen LogP contribution < -0.4 is 10.7 Å². The molecule has 0 saturated carbocycles. The number of hydrogen-bond donors (Lipinski definition) is 3. The second-order valence-electron chi connectivity index (χ2n) is 8.10. The summed E-state index contributed by atoms with van der Waals surface area (Å²) < 4.78 is 5.43. The van der Waals surface area contributed by atoms with Crippen molar-refractivity contribution in [3.8, 4) is 11.3 Å². The number of oxazole rings is 1. The van der Waals surface area contributed by atoms with Gasteiger partial charge in [0, 0.05) is 62.5 Å². The molecule has 0 amide bonds.